The molecule has 110 valence electrons. The van der Waals surface area contributed by atoms with Gasteiger partial charge in [-0.1, -0.05) is 13.3 Å². The Kier molecular flexibility index (Phi) is 4.78. The number of rotatable bonds is 5. The van der Waals surface area contributed by atoms with Crippen molar-refractivity contribution in [2.24, 2.45) is 0 Å². The van der Waals surface area contributed by atoms with Crippen LogP contribution in [0.25, 0.3) is 0 Å². The summed E-state index contributed by atoms with van der Waals surface area (Å²) in [5, 5.41) is 3.74. The fourth-order valence-electron chi connectivity index (χ4n) is 3.94. The third-order valence-corrected chi connectivity index (χ3v) is 5.26. The van der Waals surface area contributed by atoms with E-state index < -0.39 is 0 Å². The van der Waals surface area contributed by atoms with E-state index >= 15 is 0 Å². The number of hydrogen-bond acceptors (Lipinski definition) is 3. The summed E-state index contributed by atoms with van der Waals surface area (Å²) < 4.78 is 0. The largest absolute Gasteiger partial charge is 0.314 e. The maximum atomic E-state index is 3.74. The lowest BCUT2D eigenvalue weighted by atomic mass is 9.89. The van der Waals surface area contributed by atoms with Crippen LogP contribution in [0.1, 0.15) is 51.9 Å². The number of nitrogens with zero attached hydrogens (tertiary/aromatic N) is 2. The molecule has 3 aliphatic rings. The molecule has 2 saturated carbocycles. The molecule has 1 aliphatic heterocycles. The quantitative estimate of drug-likeness (QED) is 0.821. The van der Waals surface area contributed by atoms with Gasteiger partial charge < -0.3 is 5.32 Å². The van der Waals surface area contributed by atoms with Gasteiger partial charge in [-0.05, 0) is 45.1 Å². The van der Waals surface area contributed by atoms with Crippen LogP contribution < -0.4 is 5.32 Å². The minimum Gasteiger partial charge on any atom is -0.314 e. The third-order valence-electron chi connectivity index (χ3n) is 5.26. The van der Waals surface area contributed by atoms with Crippen molar-refractivity contribution in [3.05, 3.63) is 0 Å². The van der Waals surface area contributed by atoms with E-state index in [1.54, 1.807) is 0 Å². The van der Waals surface area contributed by atoms with Gasteiger partial charge in [0.15, 0.2) is 0 Å². The van der Waals surface area contributed by atoms with Gasteiger partial charge in [-0.25, -0.2) is 0 Å². The van der Waals surface area contributed by atoms with Gasteiger partial charge in [0.05, 0.1) is 0 Å². The van der Waals surface area contributed by atoms with Gasteiger partial charge >= 0.3 is 0 Å². The summed E-state index contributed by atoms with van der Waals surface area (Å²) in [6.07, 6.45) is 9.85. The van der Waals surface area contributed by atoms with Gasteiger partial charge in [-0.2, -0.15) is 0 Å². The van der Waals surface area contributed by atoms with Crippen molar-refractivity contribution in [3.8, 4) is 0 Å². The van der Waals surface area contributed by atoms with Crippen LogP contribution in [0.2, 0.25) is 0 Å². The Balaban J connectivity index is 1.43. The van der Waals surface area contributed by atoms with Crippen molar-refractivity contribution in [1.29, 1.82) is 0 Å². The molecular formula is C16H31N3. The molecule has 3 nitrogen and oxygen atoms in total. The predicted molar refractivity (Wildman–Crippen MR) is 80.5 cm³/mol. The second-order valence-electron chi connectivity index (χ2n) is 6.77. The van der Waals surface area contributed by atoms with Crippen LogP contribution in [-0.4, -0.2) is 60.6 Å². The number of nitrogens with one attached hydrogen (secondary N) is 1. The minimum absolute atomic E-state index is 0.792. The fraction of sp³-hybridized carbons (Fsp3) is 1.00. The lowest BCUT2D eigenvalue weighted by Gasteiger charge is -2.42. The average molecular weight is 265 g/mol. The van der Waals surface area contributed by atoms with Crippen molar-refractivity contribution in [1.82, 2.24) is 15.1 Å². The molecule has 0 spiro atoms. The number of hydrogen-bond donors (Lipinski definition) is 1. The van der Waals surface area contributed by atoms with E-state index in [0.29, 0.717) is 0 Å². The van der Waals surface area contributed by atoms with Crippen LogP contribution in [0.4, 0.5) is 0 Å². The maximum absolute atomic E-state index is 3.74. The summed E-state index contributed by atoms with van der Waals surface area (Å²) in [6.45, 7) is 8.77. The van der Waals surface area contributed by atoms with Crippen molar-refractivity contribution in [2.45, 2.75) is 70.0 Å². The molecule has 0 radical (unpaired) electrons. The maximum Gasteiger partial charge on any atom is 0.0113 e. The van der Waals surface area contributed by atoms with Crippen molar-refractivity contribution >= 4 is 0 Å². The average Bonchev–Trinajstić information content (AvgIpc) is 3.30. The summed E-state index contributed by atoms with van der Waals surface area (Å²) in [5.74, 6) is 0. The van der Waals surface area contributed by atoms with Crippen LogP contribution in [0.15, 0.2) is 0 Å². The smallest absolute Gasteiger partial charge is 0.0113 e. The highest BCUT2D eigenvalue weighted by Crippen LogP contribution is 2.29. The molecule has 1 N–H and O–H groups in total. The van der Waals surface area contributed by atoms with Gasteiger partial charge in [0, 0.05) is 44.3 Å². The van der Waals surface area contributed by atoms with Crippen molar-refractivity contribution < 1.29 is 0 Å². The van der Waals surface area contributed by atoms with Crippen LogP contribution in [0, 0.1) is 0 Å². The summed E-state index contributed by atoms with van der Waals surface area (Å²) in [5.41, 5.74) is 0. The fourth-order valence-corrected chi connectivity index (χ4v) is 3.94. The van der Waals surface area contributed by atoms with Gasteiger partial charge in [0.25, 0.3) is 0 Å². The zero-order chi connectivity index (χ0) is 13.1. The molecule has 2 aliphatic carbocycles. The molecule has 3 fully saturated rings. The molecule has 1 heterocycles. The van der Waals surface area contributed by atoms with E-state index in [1.807, 2.05) is 0 Å². The highest BCUT2D eigenvalue weighted by molar-refractivity contribution is 4.91. The molecule has 3 heteroatoms. The zero-order valence-corrected chi connectivity index (χ0v) is 12.6. The molecule has 0 aromatic heterocycles. The van der Waals surface area contributed by atoms with E-state index in [9.17, 15) is 0 Å². The van der Waals surface area contributed by atoms with Gasteiger partial charge in [-0.3, -0.25) is 9.80 Å². The van der Waals surface area contributed by atoms with Crippen LogP contribution in [0.5, 0.6) is 0 Å². The van der Waals surface area contributed by atoms with Crippen molar-refractivity contribution in [3.63, 3.8) is 0 Å². The first kappa shape index (κ1) is 13.8. The van der Waals surface area contributed by atoms with E-state index in [-0.39, 0.29) is 0 Å². The molecule has 19 heavy (non-hydrogen) atoms. The molecular weight excluding hydrogens is 234 g/mol. The lowest BCUT2D eigenvalue weighted by molar-refractivity contribution is 0.0684. The first-order valence-electron chi connectivity index (χ1n) is 8.58. The van der Waals surface area contributed by atoms with E-state index in [2.05, 4.69) is 22.0 Å². The Morgan fingerprint density at radius 2 is 1.58 bits per heavy atom. The molecule has 2 unspecified atom stereocenters. The summed E-state index contributed by atoms with van der Waals surface area (Å²) >= 11 is 0. The first-order valence-corrected chi connectivity index (χ1v) is 8.58. The van der Waals surface area contributed by atoms with Crippen LogP contribution in [-0.2, 0) is 0 Å². The third kappa shape index (κ3) is 3.71. The Morgan fingerprint density at radius 1 is 0.895 bits per heavy atom. The van der Waals surface area contributed by atoms with E-state index in [4.69, 9.17) is 0 Å². The highest BCUT2D eigenvalue weighted by atomic mass is 15.3. The van der Waals surface area contributed by atoms with Crippen LogP contribution >= 0.6 is 0 Å². The summed E-state index contributed by atoms with van der Waals surface area (Å²) in [6, 6.07) is 2.62. The van der Waals surface area contributed by atoms with Crippen molar-refractivity contribution in [2.75, 3.05) is 32.7 Å². The molecule has 0 aromatic rings. The molecule has 0 aromatic carbocycles. The molecule has 0 bridgehead atoms. The summed E-state index contributed by atoms with van der Waals surface area (Å²) in [7, 11) is 0. The molecule has 2 atom stereocenters. The summed E-state index contributed by atoms with van der Waals surface area (Å²) in [4.78, 5) is 5.52. The monoisotopic (exact) mass is 265 g/mol. The first-order chi connectivity index (χ1) is 9.36. The van der Waals surface area contributed by atoms with Gasteiger partial charge in [-0.15, -0.1) is 0 Å². The Hall–Kier alpha value is -0.120. The SMILES string of the molecule is CCCNC1CCCC(N2CCN(C3CC3)CC2)C1. The molecule has 3 rings (SSSR count). The zero-order valence-electron chi connectivity index (χ0n) is 12.6. The Morgan fingerprint density at radius 3 is 2.21 bits per heavy atom. The van der Waals surface area contributed by atoms with E-state index in [1.165, 1.54) is 77.7 Å². The number of piperazine rings is 1. The van der Waals surface area contributed by atoms with E-state index in [0.717, 1.165) is 18.1 Å². The second kappa shape index (κ2) is 6.55. The lowest BCUT2D eigenvalue weighted by Crippen LogP contribution is -2.53. The van der Waals surface area contributed by atoms with Crippen LogP contribution in [0.3, 0.4) is 0 Å². The minimum atomic E-state index is 0.792. The Labute approximate surface area is 118 Å². The van der Waals surface area contributed by atoms with Gasteiger partial charge in [0.2, 0.25) is 0 Å². The normalized spacial score (nSPS) is 34.6. The molecule has 1 saturated heterocycles. The second-order valence-corrected chi connectivity index (χ2v) is 6.77. The standard InChI is InChI=1S/C16H31N3/c1-2-8-17-14-4-3-5-16(13-14)19-11-9-18(10-12-19)15-6-7-15/h14-17H,2-13H2,1H3. The predicted octanol–water partition coefficient (Wildman–Crippen LogP) is 2.08. The molecule has 0 amide bonds. The Bertz CT molecular complexity index is 269. The highest BCUT2D eigenvalue weighted by Gasteiger charge is 2.34. The topological polar surface area (TPSA) is 18.5 Å². The van der Waals surface area contributed by atoms with Gasteiger partial charge in [0.1, 0.15) is 0 Å².